The van der Waals surface area contributed by atoms with Crippen LogP contribution in [0.15, 0.2) is 0 Å². The first-order chi connectivity index (χ1) is 7.09. The van der Waals surface area contributed by atoms with E-state index in [9.17, 15) is 0 Å². The van der Waals surface area contributed by atoms with Gasteiger partial charge in [-0.1, -0.05) is 13.8 Å². The largest absolute Gasteiger partial charge is 0.362 e. The smallest absolute Gasteiger partial charge is 0.168 e. The molecule has 0 radical (unpaired) electrons. The molecule has 15 heavy (non-hydrogen) atoms. The molecular weight excluding hydrogens is 206 g/mol. The molecular formula is C11H23N3S. The number of hydrogen-bond acceptors (Lipinski definition) is 2. The quantitative estimate of drug-likeness (QED) is 0.716. The van der Waals surface area contributed by atoms with Crippen LogP contribution in [-0.2, 0) is 0 Å². The van der Waals surface area contributed by atoms with E-state index >= 15 is 0 Å². The maximum absolute atomic E-state index is 5.39. The number of thiocarbonyl (C=S) groups is 1. The normalized spacial score (nSPS) is 19.1. The molecule has 0 aromatic heterocycles. The van der Waals surface area contributed by atoms with Gasteiger partial charge < -0.3 is 15.1 Å². The van der Waals surface area contributed by atoms with Crippen molar-refractivity contribution in [2.24, 2.45) is 5.92 Å². The van der Waals surface area contributed by atoms with Crippen molar-refractivity contribution < 1.29 is 0 Å². The molecule has 0 spiro atoms. The van der Waals surface area contributed by atoms with Crippen molar-refractivity contribution in [2.45, 2.75) is 20.3 Å². The first-order valence-electron chi connectivity index (χ1n) is 5.81. The molecule has 0 aromatic rings. The summed E-state index contributed by atoms with van der Waals surface area (Å²) in [6.07, 6.45) is 1.21. The van der Waals surface area contributed by atoms with E-state index in [2.05, 4.69) is 36.0 Å². The predicted octanol–water partition coefficient (Wildman–Crippen LogP) is 1.15. The summed E-state index contributed by atoms with van der Waals surface area (Å²) in [5.74, 6) is 0.651. The van der Waals surface area contributed by atoms with Gasteiger partial charge in [0.1, 0.15) is 0 Å². The van der Waals surface area contributed by atoms with Gasteiger partial charge in [0.05, 0.1) is 0 Å². The molecule has 1 aliphatic rings. The van der Waals surface area contributed by atoms with Crippen molar-refractivity contribution >= 4 is 17.3 Å². The molecule has 1 N–H and O–H groups in total. The first-order valence-corrected chi connectivity index (χ1v) is 6.21. The third kappa shape index (κ3) is 4.80. The first kappa shape index (κ1) is 12.7. The zero-order valence-corrected chi connectivity index (χ0v) is 10.9. The number of rotatable bonds is 2. The lowest BCUT2D eigenvalue weighted by Gasteiger charge is -2.24. The van der Waals surface area contributed by atoms with E-state index in [4.69, 9.17) is 12.2 Å². The number of likely N-dealkylation sites (N-methyl/N-ethyl adjacent to an activating group) is 1. The predicted molar refractivity (Wildman–Crippen MR) is 69.1 cm³/mol. The van der Waals surface area contributed by atoms with Crippen LogP contribution in [0.25, 0.3) is 0 Å². The van der Waals surface area contributed by atoms with Crippen molar-refractivity contribution in [3.05, 3.63) is 0 Å². The Balaban J connectivity index is 2.31. The van der Waals surface area contributed by atoms with Crippen LogP contribution in [0.4, 0.5) is 0 Å². The monoisotopic (exact) mass is 229 g/mol. The summed E-state index contributed by atoms with van der Waals surface area (Å²) in [5.41, 5.74) is 0. The van der Waals surface area contributed by atoms with Crippen molar-refractivity contribution in [2.75, 3.05) is 39.8 Å². The Hall–Kier alpha value is -0.350. The highest BCUT2D eigenvalue weighted by molar-refractivity contribution is 7.80. The minimum absolute atomic E-state index is 0.651. The highest BCUT2D eigenvalue weighted by atomic mass is 32.1. The lowest BCUT2D eigenvalue weighted by atomic mass is 10.2. The molecule has 1 fully saturated rings. The highest BCUT2D eigenvalue weighted by Gasteiger charge is 2.14. The van der Waals surface area contributed by atoms with Crippen molar-refractivity contribution in [3.8, 4) is 0 Å². The van der Waals surface area contributed by atoms with Crippen LogP contribution in [-0.4, -0.2) is 54.7 Å². The summed E-state index contributed by atoms with van der Waals surface area (Å²) in [7, 11) is 2.17. The van der Waals surface area contributed by atoms with Gasteiger partial charge in [0.25, 0.3) is 0 Å². The van der Waals surface area contributed by atoms with Crippen molar-refractivity contribution in [1.82, 2.24) is 15.1 Å². The van der Waals surface area contributed by atoms with Gasteiger partial charge >= 0.3 is 0 Å². The molecule has 0 aromatic carbocycles. The number of hydrogen-bond donors (Lipinski definition) is 1. The Morgan fingerprint density at radius 1 is 1.27 bits per heavy atom. The molecule has 1 rings (SSSR count). The van der Waals surface area contributed by atoms with E-state index in [-0.39, 0.29) is 0 Å². The average molecular weight is 229 g/mol. The molecule has 0 bridgehead atoms. The van der Waals surface area contributed by atoms with Crippen molar-refractivity contribution in [1.29, 1.82) is 0 Å². The summed E-state index contributed by atoms with van der Waals surface area (Å²) < 4.78 is 0. The van der Waals surface area contributed by atoms with E-state index in [1.807, 2.05) is 0 Å². The lowest BCUT2D eigenvalue weighted by Crippen LogP contribution is -2.42. The fourth-order valence-corrected chi connectivity index (χ4v) is 1.92. The van der Waals surface area contributed by atoms with Gasteiger partial charge in [-0.25, -0.2) is 0 Å². The second-order valence-corrected chi connectivity index (χ2v) is 5.11. The summed E-state index contributed by atoms with van der Waals surface area (Å²) in [4.78, 5) is 4.66. The maximum Gasteiger partial charge on any atom is 0.168 e. The fraction of sp³-hybridized carbons (Fsp3) is 0.909. The summed E-state index contributed by atoms with van der Waals surface area (Å²) >= 11 is 5.39. The Bertz CT molecular complexity index is 206. The minimum atomic E-state index is 0.651. The Morgan fingerprint density at radius 2 is 2.00 bits per heavy atom. The van der Waals surface area contributed by atoms with E-state index in [1.54, 1.807) is 0 Å². The Labute approximate surface area is 98.8 Å². The molecule has 4 heteroatoms. The fourth-order valence-electron chi connectivity index (χ4n) is 1.65. The van der Waals surface area contributed by atoms with Gasteiger partial charge in [0.15, 0.2) is 5.11 Å². The molecule has 88 valence electrons. The van der Waals surface area contributed by atoms with E-state index in [1.165, 1.54) is 13.0 Å². The zero-order valence-electron chi connectivity index (χ0n) is 10.1. The second kappa shape index (κ2) is 6.28. The third-order valence-electron chi connectivity index (χ3n) is 2.67. The number of nitrogens with one attached hydrogen (secondary N) is 1. The van der Waals surface area contributed by atoms with E-state index < -0.39 is 0 Å². The van der Waals surface area contributed by atoms with E-state index in [0.717, 1.165) is 31.3 Å². The lowest BCUT2D eigenvalue weighted by molar-refractivity contribution is 0.345. The highest BCUT2D eigenvalue weighted by Crippen LogP contribution is 2.01. The zero-order chi connectivity index (χ0) is 11.3. The summed E-state index contributed by atoms with van der Waals surface area (Å²) in [5, 5.41) is 4.26. The van der Waals surface area contributed by atoms with Gasteiger partial charge in [-0.15, -0.1) is 0 Å². The standard InChI is InChI=1S/C11H23N3S/c1-10(2)9-12-11(15)14-6-4-5-13(3)7-8-14/h10H,4-9H2,1-3H3,(H,12,15). The van der Waals surface area contributed by atoms with Crippen LogP contribution in [0, 0.1) is 5.92 Å². The molecule has 0 unspecified atom stereocenters. The molecule has 0 saturated carbocycles. The molecule has 3 nitrogen and oxygen atoms in total. The summed E-state index contributed by atoms with van der Waals surface area (Å²) in [6.45, 7) is 9.82. The van der Waals surface area contributed by atoms with Crippen LogP contribution in [0.3, 0.4) is 0 Å². The molecule has 0 aliphatic carbocycles. The van der Waals surface area contributed by atoms with E-state index in [0.29, 0.717) is 5.92 Å². The van der Waals surface area contributed by atoms with Crippen LogP contribution in [0.5, 0.6) is 0 Å². The Morgan fingerprint density at radius 3 is 2.67 bits per heavy atom. The molecule has 1 aliphatic heterocycles. The van der Waals surface area contributed by atoms with Gasteiger partial charge in [0, 0.05) is 26.2 Å². The SMILES string of the molecule is CC(C)CNC(=S)N1CCCN(C)CC1. The van der Waals surface area contributed by atoms with Crippen LogP contribution < -0.4 is 5.32 Å². The number of nitrogens with zero attached hydrogens (tertiary/aromatic N) is 2. The molecule has 0 atom stereocenters. The minimum Gasteiger partial charge on any atom is -0.362 e. The van der Waals surface area contributed by atoms with Crippen molar-refractivity contribution in [3.63, 3.8) is 0 Å². The van der Waals surface area contributed by atoms with Gasteiger partial charge in [-0.05, 0) is 38.1 Å². The maximum atomic E-state index is 5.39. The van der Waals surface area contributed by atoms with Crippen LogP contribution in [0.1, 0.15) is 20.3 Å². The van der Waals surface area contributed by atoms with Gasteiger partial charge in [-0.3, -0.25) is 0 Å². The second-order valence-electron chi connectivity index (χ2n) is 4.72. The Kier molecular flexibility index (Phi) is 5.32. The molecule has 1 heterocycles. The third-order valence-corrected chi connectivity index (χ3v) is 3.07. The van der Waals surface area contributed by atoms with Crippen LogP contribution in [0.2, 0.25) is 0 Å². The molecule has 0 amide bonds. The topological polar surface area (TPSA) is 18.5 Å². The molecule has 1 saturated heterocycles. The average Bonchev–Trinajstić information content (AvgIpc) is 2.39. The van der Waals surface area contributed by atoms with Gasteiger partial charge in [0.2, 0.25) is 0 Å². The van der Waals surface area contributed by atoms with Gasteiger partial charge in [-0.2, -0.15) is 0 Å². The van der Waals surface area contributed by atoms with Crippen LogP contribution >= 0.6 is 12.2 Å². The summed E-state index contributed by atoms with van der Waals surface area (Å²) in [6, 6.07) is 0.